The molecule has 1 fully saturated rings. The van der Waals surface area contributed by atoms with Gasteiger partial charge in [-0.2, -0.15) is 0 Å². The van der Waals surface area contributed by atoms with Gasteiger partial charge in [0.1, 0.15) is 0 Å². The van der Waals surface area contributed by atoms with Crippen LogP contribution in [0.3, 0.4) is 0 Å². The van der Waals surface area contributed by atoms with Gasteiger partial charge in [0.05, 0.1) is 0 Å². The SMILES string of the molecule is CCCCN(C)C1CCCCC1NCC. The monoisotopic (exact) mass is 212 g/mol. The molecule has 0 saturated heterocycles. The van der Waals surface area contributed by atoms with Crippen LogP contribution in [0.1, 0.15) is 52.4 Å². The Kier molecular flexibility index (Phi) is 6.26. The minimum atomic E-state index is 0.741. The van der Waals surface area contributed by atoms with Crippen molar-refractivity contribution in [1.29, 1.82) is 0 Å². The van der Waals surface area contributed by atoms with Crippen molar-refractivity contribution in [2.24, 2.45) is 0 Å². The average Bonchev–Trinajstić information content (AvgIpc) is 2.27. The van der Waals surface area contributed by atoms with Crippen LogP contribution in [0.4, 0.5) is 0 Å². The molecule has 0 heterocycles. The van der Waals surface area contributed by atoms with E-state index in [4.69, 9.17) is 0 Å². The van der Waals surface area contributed by atoms with Crippen molar-refractivity contribution >= 4 is 0 Å². The van der Waals surface area contributed by atoms with E-state index in [1.54, 1.807) is 0 Å². The average molecular weight is 212 g/mol. The fourth-order valence-corrected chi connectivity index (χ4v) is 2.71. The molecule has 0 aromatic heterocycles. The van der Waals surface area contributed by atoms with Crippen molar-refractivity contribution in [3.8, 4) is 0 Å². The van der Waals surface area contributed by atoms with Crippen LogP contribution in [-0.2, 0) is 0 Å². The summed E-state index contributed by atoms with van der Waals surface area (Å²) in [6.07, 6.45) is 8.24. The first-order valence-electron chi connectivity index (χ1n) is 6.73. The Hall–Kier alpha value is -0.0800. The van der Waals surface area contributed by atoms with Gasteiger partial charge in [-0.05, 0) is 39.4 Å². The van der Waals surface area contributed by atoms with Crippen LogP contribution in [-0.4, -0.2) is 37.1 Å². The van der Waals surface area contributed by atoms with Crippen LogP contribution in [0, 0.1) is 0 Å². The standard InChI is InChI=1S/C13H28N2/c1-4-6-11-15(3)13-10-8-7-9-12(13)14-5-2/h12-14H,4-11H2,1-3H3. The molecule has 2 heteroatoms. The number of hydrogen-bond donors (Lipinski definition) is 1. The molecular formula is C13H28N2. The maximum atomic E-state index is 3.65. The summed E-state index contributed by atoms with van der Waals surface area (Å²) in [7, 11) is 2.30. The van der Waals surface area contributed by atoms with Crippen LogP contribution in [0.25, 0.3) is 0 Å². The smallest absolute Gasteiger partial charge is 0.0246 e. The molecule has 90 valence electrons. The molecule has 0 amide bonds. The molecule has 1 N–H and O–H groups in total. The van der Waals surface area contributed by atoms with E-state index in [0.29, 0.717) is 0 Å². The lowest BCUT2D eigenvalue weighted by Gasteiger charge is -2.38. The first-order valence-corrected chi connectivity index (χ1v) is 6.73. The molecule has 0 radical (unpaired) electrons. The molecule has 1 aliphatic rings. The Bertz CT molecular complexity index is 157. The minimum Gasteiger partial charge on any atom is -0.313 e. The van der Waals surface area contributed by atoms with Gasteiger partial charge in [-0.25, -0.2) is 0 Å². The summed E-state index contributed by atoms with van der Waals surface area (Å²) in [5.74, 6) is 0. The maximum absolute atomic E-state index is 3.65. The third kappa shape index (κ3) is 4.12. The molecule has 1 rings (SSSR count). The molecule has 0 aromatic carbocycles. The normalized spacial score (nSPS) is 27.2. The second kappa shape index (κ2) is 7.24. The molecule has 2 nitrogen and oxygen atoms in total. The molecule has 15 heavy (non-hydrogen) atoms. The largest absolute Gasteiger partial charge is 0.313 e. The van der Waals surface area contributed by atoms with Crippen molar-refractivity contribution in [2.75, 3.05) is 20.1 Å². The molecule has 0 spiro atoms. The van der Waals surface area contributed by atoms with Gasteiger partial charge < -0.3 is 10.2 Å². The van der Waals surface area contributed by atoms with E-state index in [-0.39, 0.29) is 0 Å². The maximum Gasteiger partial charge on any atom is 0.0246 e. The number of unbranched alkanes of at least 4 members (excludes halogenated alkanes) is 1. The Morgan fingerprint density at radius 1 is 1.20 bits per heavy atom. The predicted molar refractivity (Wildman–Crippen MR) is 67.3 cm³/mol. The van der Waals surface area contributed by atoms with E-state index in [2.05, 4.69) is 31.1 Å². The zero-order valence-corrected chi connectivity index (χ0v) is 10.8. The summed E-state index contributed by atoms with van der Waals surface area (Å²) in [6, 6.07) is 1.52. The molecule has 0 bridgehead atoms. The Morgan fingerprint density at radius 2 is 1.93 bits per heavy atom. The van der Waals surface area contributed by atoms with Crippen LogP contribution in [0.2, 0.25) is 0 Å². The van der Waals surface area contributed by atoms with Gasteiger partial charge in [0.2, 0.25) is 0 Å². The molecule has 0 aliphatic heterocycles. The Morgan fingerprint density at radius 3 is 2.60 bits per heavy atom. The van der Waals surface area contributed by atoms with E-state index in [9.17, 15) is 0 Å². The van der Waals surface area contributed by atoms with Gasteiger partial charge in [-0.15, -0.1) is 0 Å². The lowest BCUT2D eigenvalue weighted by atomic mass is 9.89. The molecule has 2 unspecified atom stereocenters. The van der Waals surface area contributed by atoms with Gasteiger partial charge in [0.15, 0.2) is 0 Å². The lowest BCUT2D eigenvalue weighted by molar-refractivity contribution is 0.149. The van der Waals surface area contributed by atoms with Crippen LogP contribution < -0.4 is 5.32 Å². The highest BCUT2D eigenvalue weighted by Gasteiger charge is 2.26. The molecule has 2 atom stereocenters. The third-order valence-electron chi connectivity index (χ3n) is 3.63. The van der Waals surface area contributed by atoms with Gasteiger partial charge >= 0.3 is 0 Å². The second-order valence-electron chi connectivity index (χ2n) is 4.85. The highest BCUT2D eigenvalue weighted by atomic mass is 15.2. The highest BCUT2D eigenvalue weighted by molar-refractivity contribution is 4.86. The van der Waals surface area contributed by atoms with Crippen LogP contribution in [0.5, 0.6) is 0 Å². The summed E-state index contributed by atoms with van der Waals surface area (Å²) in [5.41, 5.74) is 0. The predicted octanol–water partition coefficient (Wildman–Crippen LogP) is 2.64. The lowest BCUT2D eigenvalue weighted by Crippen LogP contribution is -2.50. The summed E-state index contributed by atoms with van der Waals surface area (Å²) >= 11 is 0. The van der Waals surface area contributed by atoms with Gasteiger partial charge in [-0.1, -0.05) is 33.1 Å². The fourth-order valence-electron chi connectivity index (χ4n) is 2.71. The quantitative estimate of drug-likeness (QED) is 0.728. The number of rotatable bonds is 6. The van der Waals surface area contributed by atoms with E-state index in [1.807, 2.05) is 0 Å². The second-order valence-corrected chi connectivity index (χ2v) is 4.85. The van der Waals surface area contributed by atoms with E-state index in [0.717, 1.165) is 18.6 Å². The zero-order chi connectivity index (χ0) is 11.1. The fraction of sp³-hybridized carbons (Fsp3) is 1.00. The van der Waals surface area contributed by atoms with Crippen molar-refractivity contribution in [3.05, 3.63) is 0 Å². The van der Waals surface area contributed by atoms with Crippen molar-refractivity contribution in [2.45, 2.75) is 64.5 Å². The zero-order valence-electron chi connectivity index (χ0n) is 10.8. The Labute approximate surface area is 95.4 Å². The Balaban J connectivity index is 2.39. The van der Waals surface area contributed by atoms with E-state index in [1.165, 1.54) is 45.1 Å². The minimum absolute atomic E-state index is 0.741. The number of likely N-dealkylation sites (N-methyl/N-ethyl adjacent to an activating group) is 2. The summed E-state index contributed by atoms with van der Waals surface area (Å²) in [5, 5.41) is 3.65. The summed E-state index contributed by atoms with van der Waals surface area (Å²) < 4.78 is 0. The third-order valence-corrected chi connectivity index (χ3v) is 3.63. The summed E-state index contributed by atoms with van der Waals surface area (Å²) in [4.78, 5) is 2.58. The molecule has 1 aliphatic carbocycles. The van der Waals surface area contributed by atoms with Gasteiger partial charge in [0.25, 0.3) is 0 Å². The number of nitrogens with zero attached hydrogens (tertiary/aromatic N) is 1. The molecule has 1 saturated carbocycles. The van der Waals surface area contributed by atoms with E-state index >= 15 is 0 Å². The van der Waals surface area contributed by atoms with Crippen molar-refractivity contribution < 1.29 is 0 Å². The topological polar surface area (TPSA) is 15.3 Å². The summed E-state index contributed by atoms with van der Waals surface area (Å²) in [6.45, 7) is 6.88. The van der Waals surface area contributed by atoms with Gasteiger partial charge in [0, 0.05) is 12.1 Å². The van der Waals surface area contributed by atoms with Crippen molar-refractivity contribution in [1.82, 2.24) is 10.2 Å². The number of hydrogen-bond acceptors (Lipinski definition) is 2. The first-order chi connectivity index (χ1) is 7.29. The first kappa shape index (κ1) is 13.0. The van der Waals surface area contributed by atoms with Gasteiger partial charge in [-0.3, -0.25) is 0 Å². The van der Waals surface area contributed by atoms with Crippen LogP contribution >= 0.6 is 0 Å². The van der Waals surface area contributed by atoms with Crippen LogP contribution in [0.15, 0.2) is 0 Å². The number of nitrogens with one attached hydrogen (secondary N) is 1. The molecular weight excluding hydrogens is 184 g/mol. The van der Waals surface area contributed by atoms with E-state index < -0.39 is 0 Å². The highest BCUT2D eigenvalue weighted by Crippen LogP contribution is 2.22. The van der Waals surface area contributed by atoms with Crippen molar-refractivity contribution in [3.63, 3.8) is 0 Å². The molecule has 0 aromatic rings.